The van der Waals surface area contributed by atoms with Gasteiger partial charge in [-0.2, -0.15) is 0 Å². The monoisotopic (exact) mass is 329 g/mol. The quantitative estimate of drug-likeness (QED) is 0.394. The van der Waals surface area contributed by atoms with Crippen LogP contribution in [0.25, 0.3) is 0 Å². The van der Waals surface area contributed by atoms with E-state index >= 15 is 0 Å². The summed E-state index contributed by atoms with van der Waals surface area (Å²) in [6.45, 7) is 8.90. The molecule has 0 atom stereocenters. The minimum Gasteiger partial charge on any atom is -0.402 e. The zero-order valence-electron chi connectivity index (χ0n) is 16.6. The van der Waals surface area contributed by atoms with Crippen LogP contribution in [0, 0.1) is 0 Å². The molecule has 0 saturated heterocycles. The van der Waals surface area contributed by atoms with Crippen LogP contribution in [0.1, 0.15) is 98.3 Å². The summed E-state index contributed by atoms with van der Waals surface area (Å²) in [4.78, 5) is 0. The summed E-state index contributed by atoms with van der Waals surface area (Å²) >= 11 is 0. The summed E-state index contributed by atoms with van der Waals surface area (Å²) in [6.07, 6.45) is 20.5. The fourth-order valence-electron chi connectivity index (χ4n) is 3.13. The lowest BCUT2D eigenvalue weighted by atomic mass is 9.89. The minimum atomic E-state index is 1.06. The Morgan fingerprint density at radius 1 is 0.875 bits per heavy atom. The van der Waals surface area contributed by atoms with E-state index in [0.717, 1.165) is 12.8 Å². The molecule has 0 radical (unpaired) electrons. The third kappa shape index (κ3) is 9.15. The number of hydrogen-bond acceptors (Lipinski definition) is 1. The normalized spacial score (nSPS) is 15.2. The van der Waals surface area contributed by atoms with Crippen LogP contribution < -0.4 is 5.73 Å². The van der Waals surface area contributed by atoms with E-state index in [1.165, 1.54) is 80.2 Å². The molecule has 0 bridgehead atoms. The average molecular weight is 330 g/mol. The summed E-state index contributed by atoms with van der Waals surface area (Å²) in [7, 11) is 0. The second kappa shape index (κ2) is 12.2. The second-order valence-electron chi connectivity index (χ2n) is 7.54. The Morgan fingerprint density at radius 3 is 2.12 bits per heavy atom. The van der Waals surface area contributed by atoms with E-state index in [1.807, 2.05) is 0 Å². The molecule has 1 fully saturated rings. The summed E-state index contributed by atoms with van der Waals surface area (Å²) in [5.41, 5.74) is 13.5. The van der Waals surface area contributed by atoms with Crippen LogP contribution in [0.2, 0.25) is 0 Å². The Balaban J connectivity index is 2.36. The molecule has 0 aromatic rings. The lowest BCUT2D eigenvalue weighted by molar-refractivity contribution is 0.639. The van der Waals surface area contributed by atoms with Gasteiger partial charge in [0.1, 0.15) is 0 Å². The van der Waals surface area contributed by atoms with Crippen LogP contribution in [0.4, 0.5) is 0 Å². The molecule has 0 unspecified atom stereocenters. The van der Waals surface area contributed by atoms with Gasteiger partial charge in [-0.15, -0.1) is 0 Å². The number of rotatable bonds is 11. The maximum absolute atomic E-state index is 6.18. The number of hydrogen-bond donors (Lipinski definition) is 1. The molecule has 0 aromatic heterocycles. The van der Waals surface area contributed by atoms with Gasteiger partial charge in [0.25, 0.3) is 0 Å². The van der Waals surface area contributed by atoms with Crippen LogP contribution in [0.5, 0.6) is 0 Å². The van der Waals surface area contributed by atoms with Gasteiger partial charge in [-0.25, -0.2) is 0 Å². The second-order valence-corrected chi connectivity index (χ2v) is 7.54. The lowest BCUT2D eigenvalue weighted by Crippen LogP contribution is -2.08. The van der Waals surface area contributed by atoms with Gasteiger partial charge in [-0.05, 0) is 85.0 Å². The fourth-order valence-corrected chi connectivity index (χ4v) is 3.13. The third-order valence-electron chi connectivity index (χ3n) is 4.88. The predicted octanol–water partition coefficient (Wildman–Crippen LogP) is 7.36. The van der Waals surface area contributed by atoms with Crippen molar-refractivity contribution in [3.8, 4) is 0 Å². The average Bonchev–Trinajstić information content (AvgIpc) is 2.45. The first-order valence-corrected chi connectivity index (χ1v) is 9.96. The van der Waals surface area contributed by atoms with Gasteiger partial charge in [0.2, 0.25) is 0 Å². The van der Waals surface area contributed by atoms with E-state index in [1.54, 1.807) is 5.57 Å². The first-order valence-electron chi connectivity index (χ1n) is 9.96. The highest BCUT2D eigenvalue weighted by Crippen LogP contribution is 2.28. The highest BCUT2D eigenvalue weighted by molar-refractivity contribution is 5.17. The molecule has 2 N–H and O–H groups in total. The molecular weight excluding hydrogens is 290 g/mol. The van der Waals surface area contributed by atoms with Gasteiger partial charge in [0, 0.05) is 5.70 Å². The summed E-state index contributed by atoms with van der Waals surface area (Å²) in [5, 5.41) is 0. The molecule has 0 heterocycles. The SMILES string of the molecule is CCC/C(=C\CCC(N)=C1CCC1)CC/C=C(\C)CCC=C(C)C. The topological polar surface area (TPSA) is 26.0 Å². The van der Waals surface area contributed by atoms with Crippen LogP contribution in [-0.2, 0) is 0 Å². The van der Waals surface area contributed by atoms with Crippen molar-refractivity contribution < 1.29 is 0 Å². The highest BCUT2D eigenvalue weighted by atomic mass is 14.6. The van der Waals surface area contributed by atoms with Crippen molar-refractivity contribution in [3.63, 3.8) is 0 Å². The molecule has 1 aliphatic rings. The van der Waals surface area contributed by atoms with Crippen LogP contribution >= 0.6 is 0 Å². The van der Waals surface area contributed by atoms with Gasteiger partial charge in [0.15, 0.2) is 0 Å². The van der Waals surface area contributed by atoms with Gasteiger partial charge < -0.3 is 5.73 Å². The van der Waals surface area contributed by atoms with E-state index in [9.17, 15) is 0 Å². The summed E-state index contributed by atoms with van der Waals surface area (Å²) in [5.74, 6) is 0. The zero-order chi connectivity index (χ0) is 17.8. The Morgan fingerprint density at radius 2 is 1.54 bits per heavy atom. The largest absolute Gasteiger partial charge is 0.402 e. The van der Waals surface area contributed by atoms with Gasteiger partial charge in [0.05, 0.1) is 0 Å². The van der Waals surface area contributed by atoms with E-state index in [-0.39, 0.29) is 0 Å². The Kier molecular flexibility index (Phi) is 10.5. The molecule has 1 saturated carbocycles. The third-order valence-corrected chi connectivity index (χ3v) is 4.88. The van der Waals surface area contributed by atoms with E-state index in [2.05, 4.69) is 45.9 Å². The zero-order valence-corrected chi connectivity index (χ0v) is 16.6. The van der Waals surface area contributed by atoms with Crippen molar-refractivity contribution in [1.82, 2.24) is 0 Å². The molecular formula is C23H39N. The molecule has 24 heavy (non-hydrogen) atoms. The smallest absolute Gasteiger partial charge is 0.00754 e. The van der Waals surface area contributed by atoms with Crippen LogP contribution in [0.3, 0.4) is 0 Å². The molecule has 0 aliphatic heterocycles. The van der Waals surface area contributed by atoms with Crippen LogP contribution in [-0.4, -0.2) is 0 Å². The van der Waals surface area contributed by atoms with Crippen molar-refractivity contribution in [2.45, 2.75) is 98.3 Å². The molecule has 1 rings (SSSR count). The molecule has 0 aromatic carbocycles. The summed E-state index contributed by atoms with van der Waals surface area (Å²) < 4.78 is 0. The first kappa shape index (κ1) is 20.8. The van der Waals surface area contributed by atoms with Crippen LogP contribution in [0.15, 0.2) is 46.2 Å². The molecule has 1 nitrogen and oxygen atoms in total. The van der Waals surface area contributed by atoms with Crippen molar-refractivity contribution in [2.75, 3.05) is 0 Å². The van der Waals surface area contributed by atoms with E-state index < -0.39 is 0 Å². The maximum Gasteiger partial charge on any atom is 0.00754 e. The minimum absolute atomic E-state index is 1.06. The van der Waals surface area contributed by atoms with Crippen molar-refractivity contribution in [2.24, 2.45) is 5.73 Å². The van der Waals surface area contributed by atoms with Gasteiger partial charge in [-0.1, -0.05) is 53.9 Å². The van der Waals surface area contributed by atoms with E-state index in [4.69, 9.17) is 5.73 Å². The van der Waals surface area contributed by atoms with Gasteiger partial charge in [-0.3, -0.25) is 0 Å². The van der Waals surface area contributed by atoms with Crippen molar-refractivity contribution in [3.05, 3.63) is 46.2 Å². The van der Waals surface area contributed by atoms with Crippen molar-refractivity contribution >= 4 is 0 Å². The van der Waals surface area contributed by atoms with E-state index in [0.29, 0.717) is 0 Å². The molecule has 0 spiro atoms. The Bertz CT molecular complexity index is 478. The Labute approximate surface area is 150 Å². The molecule has 1 aliphatic carbocycles. The number of allylic oxidation sites excluding steroid dienone is 8. The maximum atomic E-state index is 6.18. The standard InChI is InChI=1S/C23H39N/c1-5-10-21(15-8-18-23(24)22-16-9-17-22)14-7-13-20(4)12-6-11-19(2)3/h11,13,15H,5-10,12,14,16-18,24H2,1-4H3/b20-13+,21-15+. The number of nitrogens with two attached hydrogens (primary N) is 1. The van der Waals surface area contributed by atoms with Gasteiger partial charge >= 0.3 is 0 Å². The summed E-state index contributed by atoms with van der Waals surface area (Å²) in [6, 6.07) is 0. The first-order chi connectivity index (χ1) is 11.5. The molecule has 0 amide bonds. The Hall–Kier alpha value is -1.24. The van der Waals surface area contributed by atoms with Crippen molar-refractivity contribution in [1.29, 1.82) is 0 Å². The fraction of sp³-hybridized carbons (Fsp3) is 0.652. The molecule has 1 heteroatoms. The molecule has 136 valence electrons. The predicted molar refractivity (Wildman–Crippen MR) is 109 cm³/mol. The lowest BCUT2D eigenvalue weighted by Gasteiger charge is -2.19. The highest BCUT2D eigenvalue weighted by Gasteiger charge is 2.11.